The molecule has 0 bridgehead atoms. The molecule has 0 saturated carbocycles. The lowest BCUT2D eigenvalue weighted by Gasteiger charge is -2.26. The SMILES string of the molecule is O=C([O-])C(=O)[O-].O=S(CCCN1CCOCC1)c1ccccc1. The van der Waals surface area contributed by atoms with Crippen LogP contribution in [-0.4, -0.2) is 59.6 Å². The van der Waals surface area contributed by atoms with Gasteiger partial charge in [0.2, 0.25) is 0 Å². The number of aliphatic carboxylic acids is 2. The molecule has 0 spiro atoms. The van der Waals surface area contributed by atoms with Gasteiger partial charge in [-0.15, -0.1) is 0 Å². The predicted octanol–water partition coefficient (Wildman–Crippen LogP) is -2.00. The number of rotatable bonds is 5. The van der Waals surface area contributed by atoms with Gasteiger partial charge in [0.1, 0.15) is 0 Å². The molecule has 0 N–H and O–H groups in total. The van der Waals surface area contributed by atoms with Gasteiger partial charge in [0.15, 0.2) is 0 Å². The highest BCUT2D eigenvalue weighted by atomic mass is 32.2. The highest BCUT2D eigenvalue weighted by Gasteiger charge is 2.10. The van der Waals surface area contributed by atoms with Gasteiger partial charge in [0.05, 0.1) is 36.0 Å². The molecule has 1 aromatic carbocycles. The zero-order valence-corrected chi connectivity index (χ0v) is 13.5. The molecule has 1 aromatic rings. The van der Waals surface area contributed by atoms with Crippen molar-refractivity contribution in [1.29, 1.82) is 0 Å². The highest BCUT2D eigenvalue weighted by molar-refractivity contribution is 7.85. The van der Waals surface area contributed by atoms with E-state index in [9.17, 15) is 4.21 Å². The first-order chi connectivity index (χ1) is 11.0. The van der Waals surface area contributed by atoms with Crippen molar-refractivity contribution >= 4 is 22.7 Å². The number of carboxylic acids is 2. The third-order valence-corrected chi connectivity index (χ3v) is 4.54. The molecule has 1 aliphatic rings. The van der Waals surface area contributed by atoms with Gasteiger partial charge < -0.3 is 24.5 Å². The maximum Gasteiger partial charge on any atom is 0.0870 e. The van der Waals surface area contributed by atoms with Gasteiger partial charge in [-0.2, -0.15) is 0 Å². The molecule has 1 atom stereocenters. The number of carbonyl (C=O) groups excluding carboxylic acids is 2. The minimum atomic E-state index is -2.19. The summed E-state index contributed by atoms with van der Waals surface area (Å²) in [4.78, 5) is 21.2. The second-order valence-electron chi connectivity index (χ2n) is 4.75. The Bertz CT molecular complexity index is 504. The standard InChI is InChI=1S/C13H19NO2S.C2H2O4/c15-17(13-5-2-1-3-6-13)12-4-7-14-8-10-16-11-9-14;3-1(4)2(5)6/h1-3,5-6H,4,7-12H2;(H,3,4)(H,5,6)/p-2. The van der Waals surface area contributed by atoms with Crippen LogP contribution in [0.15, 0.2) is 35.2 Å². The summed E-state index contributed by atoms with van der Waals surface area (Å²) in [6.45, 7) is 4.72. The Balaban J connectivity index is 0.000000379. The Morgan fingerprint density at radius 2 is 1.65 bits per heavy atom. The van der Waals surface area contributed by atoms with Crippen LogP contribution in [0, 0.1) is 0 Å². The molecule has 7 nitrogen and oxygen atoms in total. The van der Waals surface area contributed by atoms with Crippen molar-refractivity contribution < 1.29 is 28.7 Å². The topological polar surface area (TPSA) is 110 Å². The van der Waals surface area contributed by atoms with Crippen LogP contribution < -0.4 is 10.2 Å². The molecule has 8 heteroatoms. The molecule has 1 fully saturated rings. The largest absolute Gasteiger partial charge is 0.543 e. The molecule has 128 valence electrons. The van der Waals surface area contributed by atoms with Gasteiger partial charge in [0.25, 0.3) is 0 Å². The fourth-order valence-corrected chi connectivity index (χ4v) is 3.02. The number of hydrogen-bond donors (Lipinski definition) is 0. The van der Waals surface area contributed by atoms with Gasteiger partial charge in [-0.05, 0) is 25.1 Å². The molecule has 2 rings (SSSR count). The maximum absolute atomic E-state index is 12.0. The van der Waals surface area contributed by atoms with E-state index in [1.165, 1.54) is 0 Å². The number of hydrogen-bond acceptors (Lipinski definition) is 7. The number of carboxylic acid groups (broad SMARTS) is 2. The number of nitrogens with zero attached hydrogens (tertiary/aromatic N) is 1. The summed E-state index contributed by atoms with van der Waals surface area (Å²) in [6, 6.07) is 9.70. The first-order valence-corrected chi connectivity index (χ1v) is 8.48. The predicted molar refractivity (Wildman–Crippen MR) is 79.6 cm³/mol. The average molecular weight is 341 g/mol. The number of carbonyl (C=O) groups is 2. The van der Waals surface area contributed by atoms with E-state index in [2.05, 4.69) is 4.90 Å². The van der Waals surface area contributed by atoms with Crippen LogP contribution in [0.1, 0.15) is 6.42 Å². The lowest BCUT2D eigenvalue weighted by molar-refractivity contribution is -0.345. The van der Waals surface area contributed by atoms with Crippen molar-refractivity contribution in [1.82, 2.24) is 4.90 Å². The van der Waals surface area contributed by atoms with E-state index in [-0.39, 0.29) is 0 Å². The number of benzene rings is 1. The normalized spacial score (nSPS) is 16.0. The zero-order chi connectivity index (χ0) is 17.1. The summed E-state index contributed by atoms with van der Waals surface area (Å²) in [5, 5.41) is 17.9. The monoisotopic (exact) mass is 341 g/mol. The minimum Gasteiger partial charge on any atom is -0.543 e. The lowest BCUT2D eigenvalue weighted by Crippen LogP contribution is -2.42. The first-order valence-electron chi connectivity index (χ1n) is 7.16. The zero-order valence-electron chi connectivity index (χ0n) is 12.6. The fraction of sp³-hybridized carbons (Fsp3) is 0.467. The van der Waals surface area contributed by atoms with Gasteiger partial charge in [0, 0.05) is 23.7 Å². The van der Waals surface area contributed by atoms with Crippen LogP contribution in [0.5, 0.6) is 0 Å². The number of morpholine rings is 1. The van der Waals surface area contributed by atoms with Crippen molar-refractivity contribution in [2.75, 3.05) is 38.6 Å². The van der Waals surface area contributed by atoms with Crippen molar-refractivity contribution in [2.45, 2.75) is 11.3 Å². The van der Waals surface area contributed by atoms with E-state index >= 15 is 0 Å². The summed E-state index contributed by atoms with van der Waals surface area (Å²) in [6.07, 6.45) is 0.988. The lowest BCUT2D eigenvalue weighted by atomic mass is 10.3. The maximum atomic E-state index is 12.0. The Morgan fingerprint density at radius 3 is 2.17 bits per heavy atom. The van der Waals surface area contributed by atoms with Crippen molar-refractivity contribution in [3.8, 4) is 0 Å². The van der Waals surface area contributed by atoms with E-state index in [0.717, 1.165) is 49.9 Å². The second-order valence-corrected chi connectivity index (χ2v) is 6.32. The van der Waals surface area contributed by atoms with Crippen molar-refractivity contribution in [2.24, 2.45) is 0 Å². The first kappa shape index (κ1) is 19.3. The molecule has 1 heterocycles. The summed E-state index contributed by atoms with van der Waals surface area (Å²) in [5.74, 6) is -3.62. The Morgan fingerprint density at radius 1 is 1.09 bits per heavy atom. The summed E-state index contributed by atoms with van der Waals surface area (Å²) < 4.78 is 17.2. The fourth-order valence-electron chi connectivity index (χ4n) is 1.93. The van der Waals surface area contributed by atoms with E-state index in [1.54, 1.807) is 0 Å². The molecule has 1 saturated heterocycles. The Labute approximate surface area is 137 Å². The smallest absolute Gasteiger partial charge is 0.0870 e. The molecular formula is C15H19NO6S-2. The van der Waals surface area contributed by atoms with Crippen LogP contribution in [0.4, 0.5) is 0 Å². The van der Waals surface area contributed by atoms with E-state index < -0.39 is 22.7 Å². The molecule has 1 aliphatic heterocycles. The van der Waals surface area contributed by atoms with E-state index in [1.807, 2.05) is 30.3 Å². The van der Waals surface area contributed by atoms with Crippen LogP contribution in [0.25, 0.3) is 0 Å². The van der Waals surface area contributed by atoms with Gasteiger partial charge in [-0.1, -0.05) is 18.2 Å². The molecular weight excluding hydrogens is 322 g/mol. The highest BCUT2D eigenvalue weighted by Crippen LogP contribution is 2.07. The third kappa shape index (κ3) is 8.44. The Hall–Kier alpha value is -1.77. The Kier molecular flexibility index (Phi) is 9.11. The molecule has 23 heavy (non-hydrogen) atoms. The van der Waals surface area contributed by atoms with Gasteiger partial charge in [-0.25, -0.2) is 0 Å². The quantitative estimate of drug-likeness (QED) is 0.570. The molecule has 0 aromatic heterocycles. The van der Waals surface area contributed by atoms with E-state index in [4.69, 9.17) is 24.5 Å². The summed E-state index contributed by atoms with van der Waals surface area (Å²) in [7, 11) is -0.846. The van der Waals surface area contributed by atoms with Crippen molar-refractivity contribution in [3.63, 3.8) is 0 Å². The summed E-state index contributed by atoms with van der Waals surface area (Å²) in [5.41, 5.74) is 0. The minimum absolute atomic E-state index is 0.751. The van der Waals surface area contributed by atoms with Crippen LogP contribution in [0.2, 0.25) is 0 Å². The van der Waals surface area contributed by atoms with Gasteiger partial charge >= 0.3 is 0 Å². The summed E-state index contributed by atoms with van der Waals surface area (Å²) >= 11 is 0. The second kappa shape index (κ2) is 10.9. The number of ether oxygens (including phenoxy) is 1. The third-order valence-electron chi connectivity index (χ3n) is 3.08. The molecule has 0 amide bonds. The average Bonchev–Trinajstić information content (AvgIpc) is 2.57. The van der Waals surface area contributed by atoms with Crippen molar-refractivity contribution in [3.05, 3.63) is 30.3 Å². The van der Waals surface area contributed by atoms with Crippen LogP contribution >= 0.6 is 0 Å². The molecule has 0 aliphatic carbocycles. The van der Waals surface area contributed by atoms with E-state index in [0.29, 0.717) is 0 Å². The van der Waals surface area contributed by atoms with Gasteiger partial charge in [-0.3, -0.25) is 9.11 Å². The van der Waals surface area contributed by atoms with Crippen LogP contribution in [0.3, 0.4) is 0 Å². The molecule has 0 radical (unpaired) electrons. The molecule has 1 unspecified atom stereocenters. The van der Waals surface area contributed by atoms with Crippen LogP contribution in [-0.2, 0) is 25.1 Å².